The summed E-state index contributed by atoms with van der Waals surface area (Å²) in [6.45, 7) is 0.477. The third-order valence-electron chi connectivity index (χ3n) is 3.91. The number of carbonyl (C=O) groups excluding carboxylic acids is 2. The predicted octanol–water partition coefficient (Wildman–Crippen LogP) is 3.85. The van der Waals surface area contributed by atoms with Gasteiger partial charge in [-0.15, -0.1) is 11.3 Å². The standard InChI is InChI=1S/C19H13FO5S/c20-13-2-1-3-17-12(13)9-18(26-17)19(22)25-10-14(21)11-4-5-15-16(8-11)24-7-6-23-15/h1-5,8-9H,6-7,10H2. The zero-order valence-corrected chi connectivity index (χ0v) is 14.3. The Kier molecular flexibility index (Phi) is 4.30. The summed E-state index contributed by atoms with van der Waals surface area (Å²) in [6, 6.07) is 10.9. The van der Waals surface area contributed by atoms with Crippen molar-refractivity contribution in [1.82, 2.24) is 0 Å². The lowest BCUT2D eigenvalue weighted by molar-refractivity contribution is 0.0479. The van der Waals surface area contributed by atoms with Gasteiger partial charge < -0.3 is 14.2 Å². The van der Waals surface area contributed by atoms with Gasteiger partial charge in [-0.1, -0.05) is 6.07 Å². The number of rotatable bonds is 4. The molecule has 0 bridgehead atoms. The summed E-state index contributed by atoms with van der Waals surface area (Å²) < 4.78 is 30.3. The molecule has 26 heavy (non-hydrogen) atoms. The number of ether oxygens (including phenoxy) is 3. The van der Waals surface area contributed by atoms with E-state index >= 15 is 0 Å². The van der Waals surface area contributed by atoms with Gasteiger partial charge in [-0.2, -0.15) is 0 Å². The molecule has 0 spiro atoms. The SMILES string of the molecule is O=C(COC(=O)c1cc2c(F)cccc2s1)c1ccc2c(c1)OCCO2. The molecule has 0 saturated carbocycles. The number of hydrogen-bond acceptors (Lipinski definition) is 6. The predicted molar refractivity (Wildman–Crippen MR) is 93.8 cm³/mol. The van der Waals surface area contributed by atoms with E-state index in [0.29, 0.717) is 40.4 Å². The minimum Gasteiger partial charge on any atom is -0.486 e. The summed E-state index contributed by atoms with van der Waals surface area (Å²) in [5.41, 5.74) is 0.365. The van der Waals surface area contributed by atoms with Crippen LogP contribution in [0.5, 0.6) is 11.5 Å². The van der Waals surface area contributed by atoms with Crippen LogP contribution in [0.1, 0.15) is 20.0 Å². The second-order valence-corrected chi connectivity index (χ2v) is 6.70. The van der Waals surface area contributed by atoms with Gasteiger partial charge in [0.05, 0.1) is 0 Å². The Balaban J connectivity index is 1.45. The number of Topliss-reactive ketones (excluding diaryl/α,β-unsaturated/α-hetero) is 1. The zero-order chi connectivity index (χ0) is 18.1. The molecule has 7 heteroatoms. The van der Waals surface area contributed by atoms with E-state index in [1.165, 1.54) is 12.1 Å². The van der Waals surface area contributed by atoms with Gasteiger partial charge in [-0.25, -0.2) is 9.18 Å². The Hall–Kier alpha value is -2.93. The molecule has 0 atom stereocenters. The molecule has 5 nitrogen and oxygen atoms in total. The Morgan fingerprint density at radius 1 is 1.08 bits per heavy atom. The summed E-state index contributed by atoms with van der Waals surface area (Å²) in [4.78, 5) is 24.7. The van der Waals surface area contributed by atoms with Crippen molar-refractivity contribution in [2.75, 3.05) is 19.8 Å². The number of hydrogen-bond donors (Lipinski definition) is 0. The molecular weight excluding hydrogens is 359 g/mol. The average molecular weight is 372 g/mol. The summed E-state index contributed by atoms with van der Waals surface area (Å²) in [6.07, 6.45) is 0. The summed E-state index contributed by atoms with van der Waals surface area (Å²) in [5, 5.41) is 0.364. The van der Waals surface area contributed by atoms with Crippen LogP contribution in [0, 0.1) is 5.82 Å². The molecule has 1 aliphatic heterocycles. The highest BCUT2D eigenvalue weighted by Crippen LogP contribution is 2.31. The van der Waals surface area contributed by atoms with E-state index in [1.807, 2.05) is 0 Å². The largest absolute Gasteiger partial charge is 0.486 e. The number of halogens is 1. The number of benzene rings is 2. The maximum Gasteiger partial charge on any atom is 0.348 e. The van der Waals surface area contributed by atoms with Crippen molar-refractivity contribution in [2.24, 2.45) is 0 Å². The minimum atomic E-state index is -0.656. The summed E-state index contributed by atoms with van der Waals surface area (Å²) in [5.74, 6) is -0.338. The van der Waals surface area contributed by atoms with Crippen LogP contribution in [0.15, 0.2) is 42.5 Å². The van der Waals surface area contributed by atoms with Crippen molar-refractivity contribution in [1.29, 1.82) is 0 Å². The molecule has 0 radical (unpaired) electrons. The van der Waals surface area contributed by atoms with Crippen LogP contribution >= 0.6 is 11.3 Å². The van der Waals surface area contributed by atoms with Gasteiger partial charge in [0.2, 0.25) is 0 Å². The Labute approximate surface area is 151 Å². The smallest absolute Gasteiger partial charge is 0.348 e. The van der Waals surface area contributed by atoms with Crippen molar-refractivity contribution >= 4 is 33.2 Å². The molecule has 0 unspecified atom stereocenters. The molecular formula is C19H13FO5S. The van der Waals surface area contributed by atoms with E-state index in [9.17, 15) is 14.0 Å². The quantitative estimate of drug-likeness (QED) is 0.514. The fraction of sp³-hybridized carbons (Fsp3) is 0.158. The molecule has 0 saturated heterocycles. The van der Waals surface area contributed by atoms with Crippen molar-refractivity contribution in [3.63, 3.8) is 0 Å². The summed E-state index contributed by atoms with van der Waals surface area (Å²) >= 11 is 1.12. The normalized spacial score (nSPS) is 12.8. The van der Waals surface area contributed by atoms with Gasteiger partial charge in [-0.3, -0.25) is 4.79 Å². The Morgan fingerprint density at radius 2 is 1.88 bits per heavy atom. The molecule has 2 heterocycles. The highest BCUT2D eigenvalue weighted by atomic mass is 32.1. The molecule has 0 aliphatic carbocycles. The van der Waals surface area contributed by atoms with E-state index in [4.69, 9.17) is 14.2 Å². The molecule has 1 aromatic heterocycles. The molecule has 0 N–H and O–H groups in total. The fourth-order valence-corrected chi connectivity index (χ4v) is 3.60. The first kappa shape index (κ1) is 16.5. The highest BCUT2D eigenvalue weighted by Gasteiger charge is 2.18. The molecule has 2 aromatic carbocycles. The number of ketones is 1. The third kappa shape index (κ3) is 3.13. The van der Waals surface area contributed by atoms with Crippen LogP contribution < -0.4 is 9.47 Å². The van der Waals surface area contributed by atoms with Crippen molar-refractivity contribution in [2.45, 2.75) is 0 Å². The average Bonchev–Trinajstić information content (AvgIpc) is 3.11. The van der Waals surface area contributed by atoms with Crippen LogP contribution in [-0.4, -0.2) is 31.6 Å². The minimum absolute atomic E-state index is 0.250. The Morgan fingerprint density at radius 3 is 2.69 bits per heavy atom. The topological polar surface area (TPSA) is 61.8 Å². The second-order valence-electron chi connectivity index (χ2n) is 5.62. The lowest BCUT2D eigenvalue weighted by Gasteiger charge is -2.18. The van der Waals surface area contributed by atoms with Gasteiger partial charge >= 0.3 is 5.97 Å². The van der Waals surface area contributed by atoms with E-state index in [0.717, 1.165) is 11.3 Å². The number of fused-ring (bicyclic) bond motifs is 2. The van der Waals surface area contributed by atoms with E-state index in [-0.39, 0.29) is 10.7 Å². The molecule has 3 aromatic rings. The number of carbonyl (C=O) groups is 2. The maximum absolute atomic E-state index is 13.7. The molecule has 132 valence electrons. The van der Waals surface area contributed by atoms with Gasteiger partial charge in [0, 0.05) is 15.6 Å². The van der Waals surface area contributed by atoms with Crippen molar-refractivity contribution < 1.29 is 28.2 Å². The maximum atomic E-state index is 13.7. The second kappa shape index (κ2) is 6.76. The fourth-order valence-electron chi connectivity index (χ4n) is 2.63. The van der Waals surface area contributed by atoms with Crippen LogP contribution in [-0.2, 0) is 4.74 Å². The number of esters is 1. The van der Waals surface area contributed by atoms with Gasteiger partial charge in [-0.05, 0) is 36.4 Å². The van der Waals surface area contributed by atoms with E-state index in [1.54, 1.807) is 30.3 Å². The van der Waals surface area contributed by atoms with Crippen LogP contribution in [0.2, 0.25) is 0 Å². The first-order chi connectivity index (χ1) is 12.6. The van der Waals surface area contributed by atoms with Crippen LogP contribution in [0.25, 0.3) is 10.1 Å². The highest BCUT2D eigenvalue weighted by molar-refractivity contribution is 7.20. The zero-order valence-electron chi connectivity index (χ0n) is 13.5. The van der Waals surface area contributed by atoms with Gasteiger partial charge in [0.15, 0.2) is 23.9 Å². The lowest BCUT2D eigenvalue weighted by Crippen LogP contribution is -2.17. The first-order valence-electron chi connectivity index (χ1n) is 7.90. The van der Waals surface area contributed by atoms with E-state index in [2.05, 4.69) is 0 Å². The summed E-state index contributed by atoms with van der Waals surface area (Å²) in [7, 11) is 0. The first-order valence-corrected chi connectivity index (χ1v) is 8.71. The van der Waals surface area contributed by atoms with Crippen molar-refractivity contribution in [3.05, 3.63) is 58.7 Å². The van der Waals surface area contributed by atoms with Crippen LogP contribution in [0.4, 0.5) is 4.39 Å². The molecule has 0 fully saturated rings. The molecule has 1 aliphatic rings. The number of thiophene rings is 1. The molecule has 4 rings (SSSR count). The van der Waals surface area contributed by atoms with Crippen molar-refractivity contribution in [3.8, 4) is 11.5 Å². The Bertz CT molecular complexity index is 1010. The van der Waals surface area contributed by atoms with Crippen LogP contribution in [0.3, 0.4) is 0 Å². The monoisotopic (exact) mass is 372 g/mol. The molecule has 0 amide bonds. The third-order valence-corrected chi connectivity index (χ3v) is 4.99. The van der Waals surface area contributed by atoms with Gasteiger partial charge in [0.1, 0.15) is 23.9 Å². The lowest BCUT2D eigenvalue weighted by atomic mass is 10.1. The van der Waals surface area contributed by atoms with E-state index < -0.39 is 18.4 Å². The van der Waals surface area contributed by atoms with Gasteiger partial charge in [0.25, 0.3) is 0 Å².